The zero-order valence-electron chi connectivity index (χ0n) is 11.6. The number of anilines is 3. The zero-order chi connectivity index (χ0) is 14.7. The van der Waals surface area contributed by atoms with Crippen molar-refractivity contribution in [2.24, 2.45) is 0 Å². The summed E-state index contributed by atoms with van der Waals surface area (Å²) >= 11 is 0. The number of carboxylic acid groups (broad SMARTS) is 1. The topological polar surface area (TPSA) is 66.6 Å². The second-order valence-corrected chi connectivity index (χ2v) is 4.66. The molecule has 0 aliphatic rings. The van der Waals surface area contributed by atoms with Crippen molar-refractivity contribution < 1.29 is 9.90 Å². The van der Waals surface area contributed by atoms with Gasteiger partial charge in [0.2, 0.25) is 0 Å². The van der Waals surface area contributed by atoms with Gasteiger partial charge in [-0.2, -0.15) is 0 Å². The van der Waals surface area contributed by atoms with E-state index in [0.717, 1.165) is 17.8 Å². The van der Waals surface area contributed by atoms with E-state index in [0.29, 0.717) is 0 Å². The van der Waals surface area contributed by atoms with E-state index >= 15 is 0 Å². The van der Waals surface area contributed by atoms with E-state index in [-0.39, 0.29) is 11.3 Å². The van der Waals surface area contributed by atoms with Gasteiger partial charge in [-0.1, -0.05) is 19.1 Å². The Balaban J connectivity index is 2.34. The molecule has 2 aromatic rings. The molecule has 20 heavy (non-hydrogen) atoms. The lowest BCUT2D eigenvalue weighted by Crippen LogP contribution is -2.11. The standard InChI is InChI=1S/C16H18N2O2/c1-3-11-4-6-12(7-5-11)18(2)13-8-9-15(17)14(10-13)16(19)20/h4-10H,3,17H2,1-2H3,(H,19,20). The summed E-state index contributed by atoms with van der Waals surface area (Å²) in [6.45, 7) is 2.11. The summed E-state index contributed by atoms with van der Waals surface area (Å²) in [5.41, 5.74) is 9.13. The number of hydrogen-bond acceptors (Lipinski definition) is 3. The van der Waals surface area contributed by atoms with E-state index in [9.17, 15) is 4.79 Å². The molecule has 3 N–H and O–H groups in total. The molecule has 0 aromatic heterocycles. The Morgan fingerprint density at radius 3 is 2.30 bits per heavy atom. The van der Waals surface area contributed by atoms with Crippen molar-refractivity contribution in [3.05, 3.63) is 53.6 Å². The molecule has 0 bridgehead atoms. The Labute approximate surface area is 118 Å². The minimum absolute atomic E-state index is 0.125. The molecule has 0 radical (unpaired) electrons. The maximum atomic E-state index is 11.1. The SMILES string of the molecule is CCc1ccc(N(C)c2ccc(N)c(C(=O)O)c2)cc1. The Morgan fingerprint density at radius 1 is 1.15 bits per heavy atom. The van der Waals surface area contributed by atoms with Crippen LogP contribution in [0.3, 0.4) is 0 Å². The Hall–Kier alpha value is -2.49. The highest BCUT2D eigenvalue weighted by Crippen LogP contribution is 2.27. The summed E-state index contributed by atoms with van der Waals surface area (Å²) in [6, 6.07) is 13.2. The highest BCUT2D eigenvalue weighted by Gasteiger charge is 2.11. The second-order valence-electron chi connectivity index (χ2n) is 4.66. The van der Waals surface area contributed by atoms with Crippen molar-refractivity contribution in [3.8, 4) is 0 Å². The van der Waals surface area contributed by atoms with Gasteiger partial charge in [0.05, 0.1) is 5.56 Å². The molecule has 0 fully saturated rings. The molecule has 0 aliphatic heterocycles. The molecule has 4 nitrogen and oxygen atoms in total. The largest absolute Gasteiger partial charge is 0.478 e. The predicted octanol–water partition coefficient (Wildman–Crippen LogP) is 3.30. The third-order valence-electron chi connectivity index (χ3n) is 3.39. The zero-order valence-corrected chi connectivity index (χ0v) is 11.6. The second kappa shape index (κ2) is 5.65. The van der Waals surface area contributed by atoms with Crippen molar-refractivity contribution in [1.29, 1.82) is 0 Å². The van der Waals surface area contributed by atoms with Crippen LogP contribution in [0.25, 0.3) is 0 Å². The van der Waals surface area contributed by atoms with Crippen molar-refractivity contribution in [1.82, 2.24) is 0 Å². The number of nitrogens with zero attached hydrogens (tertiary/aromatic N) is 1. The summed E-state index contributed by atoms with van der Waals surface area (Å²) < 4.78 is 0. The lowest BCUT2D eigenvalue weighted by atomic mass is 10.1. The number of carbonyl (C=O) groups is 1. The van der Waals surface area contributed by atoms with Crippen LogP contribution in [0.2, 0.25) is 0 Å². The highest BCUT2D eigenvalue weighted by atomic mass is 16.4. The van der Waals surface area contributed by atoms with Crippen molar-refractivity contribution in [2.75, 3.05) is 17.7 Å². The minimum atomic E-state index is -1.01. The fourth-order valence-corrected chi connectivity index (χ4v) is 2.04. The molecule has 0 atom stereocenters. The van der Waals surface area contributed by atoms with Crippen LogP contribution in [0.1, 0.15) is 22.8 Å². The first-order chi connectivity index (χ1) is 9.52. The Bertz CT molecular complexity index is 621. The van der Waals surface area contributed by atoms with Gasteiger partial charge < -0.3 is 15.7 Å². The van der Waals surface area contributed by atoms with Crippen LogP contribution in [0.5, 0.6) is 0 Å². The predicted molar refractivity (Wildman–Crippen MR) is 81.7 cm³/mol. The van der Waals surface area contributed by atoms with Gasteiger partial charge in [0, 0.05) is 24.1 Å². The first kappa shape index (κ1) is 13.9. The molecular weight excluding hydrogens is 252 g/mol. The van der Waals surface area contributed by atoms with E-state index in [2.05, 4.69) is 19.1 Å². The molecule has 104 valence electrons. The number of nitrogens with two attached hydrogens (primary N) is 1. The Morgan fingerprint density at radius 2 is 1.75 bits per heavy atom. The molecule has 0 aliphatic carbocycles. The maximum Gasteiger partial charge on any atom is 0.337 e. The number of aromatic carboxylic acids is 1. The van der Waals surface area contributed by atoms with Crippen LogP contribution in [-0.4, -0.2) is 18.1 Å². The number of benzene rings is 2. The molecule has 0 heterocycles. The normalized spacial score (nSPS) is 10.3. The molecule has 0 saturated heterocycles. The smallest absolute Gasteiger partial charge is 0.337 e. The number of hydrogen-bond donors (Lipinski definition) is 2. The van der Waals surface area contributed by atoms with Crippen LogP contribution in [0.15, 0.2) is 42.5 Å². The van der Waals surface area contributed by atoms with E-state index in [1.54, 1.807) is 12.1 Å². The van der Waals surface area contributed by atoms with Crippen LogP contribution < -0.4 is 10.6 Å². The molecule has 0 saturated carbocycles. The number of aryl methyl sites for hydroxylation is 1. The van der Waals surface area contributed by atoms with E-state index < -0.39 is 5.97 Å². The van der Waals surface area contributed by atoms with Crippen LogP contribution in [0.4, 0.5) is 17.1 Å². The Kier molecular flexibility index (Phi) is 3.94. The fourth-order valence-electron chi connectivity index (χ4n) is 2.04. The van der Waals surface area contributed by atoms with Crippen molar-refractivity contribution in [2.45, 2.75) is 13.3 Å². The lowest BCUT2D eigenvalue weighted by molar-refractivity contribution is 0.0698. The van der Waals surface area contributed by atoms with Gasteiger partial charge in [-0.15, -0.1) is 0 Å². The lowest BCUT2D eigenvalue weighted by Gasteiger charge is -2.20. The molecule has 4 heteroatoms. The number of nitrogen functional groups attached to an aromatic ring is 1. The first-order valence-electron chi connectivity index (χ1n) is 6.48. The fraction of sp³-hybridized carbons (Fsp3) is 0.188. The van der Waals surface area contributed by atoms with Crippen LogP contribution in [0, 0.1) is 0 Å². The molecule has 0 amide bonds. The van der Waals surface area contributed by atoms with E-state index in [4.69, 9.17) is 10.8 Å². The van der Waals surface area contributed by atoms with Crippen molar-refractivity contribution >= 4 is 23.0 Å². The molecule has 2 rings (SSSR count). The van der Waals surface area contributed by atoms with E-state index in [1.807, 2.05) is 30.1 Å². The summed E-state index contributed by atoms with van der Waals surface area (Å²) in [7, 11) is 1.90. The summed E-state index contributed by atoms with van der Waals surface area (Å²) in [4.78, 5) is 13.1. The third-order valence-corrected chi connectivity index (χ3v) is 3.39. The van der Waals surface area contributed by atoms with Crippen molar-refractivity contribution in [3.63, 3.8) is 0 Å². The van der Waals surface area contributed by atoms with Gasteiger partial charge in [-0.3, -0.25) is 0 Å². The average Bonchev–Trinajstić information content (AvgIpc) is 2.47. The number of rotatable bonds is 4. The van der Waals surface area contributed by atoms with Gasteiger partial charge in [-0.05, 0) is 42.3 Å². The van der Waals surface area contributed by atoms with Gasteiger partial charge in [0.15, 0.2) is 0 Å². The molecule has 2 aromatic carbocycles. The summed E-state index contributed by atoms with van der Waals surface area (Å²) in [6.07, 6.45) is 0.995. The number of carboxylic acids is 1. The third kappa shape index (κ3) is 2.74. The highest BCUT2D eigenvalue weighted by molar-refractivity contribution is 5.95. The summed E-state index contributed by atoms with van der Waals surface area (Å²) in [5, 5.41) is 9.11. The first-order valence-corrected chi connectivity index (χ1v) is 6.48. The molecule has 0 unspecified atom stereocenters. The summed E-state index contributed by atoms with van der Waals surface area (Å²) in [5.74, 6) is -1.01. The molecule has 0 spiro atoms. The van der Waals surface area contributed by atoms with Gasteiger partial charge in [0.25, 0.3) is 0 Å². The van der Waals surface area contributed by atoms with Gasteiger partial charge in [0.1, 0.15) is 0 Å². The quantitative estimate of drug-likeness (QED) is 0.836. The average molecular weight is 270 g/mol. The van der Waals surface area contributed by atoms with Gasteiger partial charge >= 0.3 is 5.97 Å². The molecular formula is C16H18N2O2. The minimum Gasteiger partial charge on any atom is -0.478 e. The van der Waals surface area contributed by atoms with Crippen LogP contribution >= 0.6 is 0 Å². The van der Waals surface area contributed by atoms with E-state index in [1.165, 1.54) is 5.56 Å². The monoisotopic (exact) mass is 270 g/mol. The van der Waals surface area contributed by atoms with Gasteiger partial charge in [-0.25, -0.2) is 4.79 Å². The van der Waals surface area contributed by atoms with Crippen LogP contribution in [-0.2, 0) is 6.42 Å². The maximum absolute atomic E-state index is 11.1.